The molecule has 10 heteroatoms. The van der Waals surface area contributed by atoms with Gasteiger partial charge in [0.2, 0.25) is 0 Å². The van der Waals surface area contributed by atoms with Gasteiger partial charge in [0.25, 0.3) is 5.91 Å². The van der Waals surface area contributed by atoms with Crippen molar-refractivity contribution >= 4 is 21.5 Å². The number of carbonyl (C=O) groups is 1. The van der Waals surface area contributed by atoms with E-state index < -0.39 is 21.5 Å². The van der Waals surface area contributed by atoms with Crippen LogP contribution >= 0.6 is 0 Å². The van der Waals surface area contributed by atoms with Crippen LogP contribution in [0.2, 0.25) is 0 Å². The summed E-state index contributed by atoms with van der Waals surface area (Å²) in [4.78, 5) is 16.5. The number of hydrogen-bond donors (Lipinski definition) is 3. The first-order valence-corrected chi connectivity index (χ1v) is 13.8. The molecule has 0 spiro atoms. The molecule has 1 fully saturated rings. The summed E-state index contributed by atoms with van der Waals surface area (Å²) in [7, 11) is -3.03. The van der Waals surface area contributed by atoms with Gasteiger partial charge in [0.1, 0.15) is 5.82 Å². The van der Waals surface area contributed by atoms with Crippen molar-refractivity contribution in [3.05, 3.63) is 77.5 Å². The van der Waals surface area contributed by atoms with Crippen molar-refractivity contribution in [1.82, 2.24) is 10.3 Å². The Balaban J connectivity index is 1.22. The first-order chi connectivity index (χ1) is 17.6. The lowest BCUT2D eigenvalue weighted by molar-refractivity contribution is -0.137. The van der Waals surface area contributed by atoms with Gasteiger partial charge in [-0.15, -0.1) is 0 Å². The van der Waals surface area contributed by atoms with Gasteiger partial charge in [0.05, 0.1) is 15.3 Å². The molecule has 5 rings (SSSR count). The highest BCUT2D eigenvalue weighted by molar-refractivity contribution is 7.93. The largest absolute Gasteiger partial charge is 0.417 e. The lowest BCUT2D eigenvalue weighted by Crippen LogP contribution is -2.32. The second-order valence-electron chi connectivity index (χ2n) is 9.55. The van der Waals surface area contributed by atoms with E-state index in [1.165, 1.54) is 6.07 Å². The monoisotopic (exact) mass is 528 g/mol. The molecular weight excluding hydrogens is 501 g/mol. The highest BCUT2D eigenvalue weighted by Gasteiger charge is 2.32. The lowest BCUT2D eigenvalue weighted by Gasteiger charge is -2.30. The molecule has 1 atom stereocenters. The predicted molar refractivity (Wildman–Crippen MR) is 136 cm³/mol. The van der Waals surface area contributed by atoms with E-state index in [0.29, 0.717) is 48.5 Å². The third-order valence-electron chi connectivity index (χ3n) is 7.16. The van der Waals surface area contributed by atoms with E-state index in [2.05, 4.69) is 15.6 Å². The van der Waals surface area contributed by atoms with Gasteiger partial charge in [-0.3, -0.25) is 4.79 Å². The standard InChI is InChI=1S/C27H27F3N4O2S/c28-27(29,30)20-5-12-25(33-16-20)34-21-6-10-23(11-7-21)37(31,36)22-8-3-17(4-9-22)19-2-1-18-13-14-32-26(35)24(18)15-19/h1-5,8-9,12,15-16,21,23,31H,6-7,10-11,13-14H2,(H,32,35)(H,33,34). The van der Waals surface area contributed by atoms with E-state index in [0.717, 1.165) is 35.4 Å². The molecule has 1 unspecified atom stereocenters. The van der Waals surface area contributed by atoms with Crippen molar-refractivity contribution in [3.63, 3.8) is 0 Å². The molecule has 1 amide bonds. The van der Waals surface area contributed by atoms with Gasteiger partial charge in [0.15, 0.2) is 0 Å². The Morgan fingerprint density at radius 1 is 0.973 bits per heavy atom. The fraction of sp³-hybridized carbons (Fsp3) is 0.333. The second-order valence-corrected chi connectivity index (χ2v) is 11.9. The molecule has 3 aromatic rings. The highest BCUT2D eigenvalue weighted by Crippen LogP contribution is 2.33. The maximum atomic E-state index is 13.5. The zero-order valence-corrected chi connectivity index (χ0v) is 20.8. The van der Waals surface area contributed by atoms with Gasteiger partial charge in [-0.1, -0.05) is 24.3 Å². The van der Waals surface area contributed by atoms with Gasteiger partial charge in [-0.05, 0) is 79.1 Å². The van der Waals surface area contributed by atoms with E-state index in [-0.39, 0.29) is 17.2 Å². The summed E-state index contributed by atoms with van der Waals surface area (Å²) in [5.41, 5.74) is 2.68. The molecule has 2 aliphatic rings. The van der Waals surface area contributed by atoms with E-state index in [1.807, 2.05) is 30.3 Å². The number of aromatic nitrogens is 1. The summed E-state index contributed by atoms with van der Waals surface area (Å²) in [6, 6.07) is 15.3. The topological polar surface area (TPSA) is 94.9 Å². The molecule has 1 aliphatic heterocycles. The summed E-state index contributed by atoms with van der Waals surface area (Å²) in [5.74, 6) is 0.298. The van der Waals surface area contributed by atoms with Crippen molar-refractivity contribution < 1.29 is 22.2 Å². The molecule has 194 valence electrons. The number of anilines is 1. The molecule has 0 saturated heterocycles. The first-order valence-electron chi connectivity index (χ1n) is 12.2. The van der Waals surface area contributed by atoms with Crippen molar-refractivity contribution in [2.24, 2.45) is 0 Å². The van der Waals surface area contributed by atoms with Crippen LogP contribution in [0.5, 0.6) is 0 Å². The molecule has 37 heavy (non-hydrogen) atoms. The van der Waals surface area contributed by atoms with Crippen LogP contribution in [-0.2, 0) is 22.3 Å². The Kier molecular flexibility index (Phi) is 6.70. The summed E-state index contributed by atoms with van der Waals surface area (Å²) >= 11 is 0. The number of hydrogen-bond acceptors (Lipinski definition) is 5. The molecule has 0 bridgehead atoms. The van der Waals surface area contributed by atoms with E-state index >= 15 is 0 Å². The number of pyridine rings is 1. The van der Waals surface area contributed by atoms with E-state index in [1.54, 1.807) is 12.1 Å². The number of nitrogens with zero attached hydrogens (tertiary/aromatic N) is 1. The Morgan fingerprint density at radius 2 is 1.68 bits per heavy atom. The Morgan fingerprint density at radius 3 is 2.32 bits per heavy atom. The van der Waals surface area contributed by atoms with Crippen LogP contribution in [0.15, 0.2) is 65.7 Å². The molecule has 3 N–H and O–H groups in total. The predicted octanol–water partition coefficient (Wildman–Crippen LogP) is 5.88. The number of nitrogens with one attached hydrogen (secondary N) is 3. The molecular formula is C27H27F3N4O2S. The number of halogens is 3. The Bertz CT molecular complexity index is 1400. The number of fused-ring (bicyclic) bond motifs is 1. The van der Waals surface area contributed by atoms with Gasteiger partial charge in [0, 0.05) is 34.5 Å². The van der Waals surface area contributed by atoms with Crippen molar-refractivity contribution in [1.29, 1.82) is 4.78 Å². The van der Waals surface area contributed by atoms with Crippen molar-refractivity contribution in [2.75, 3.05) is 11.9 Å². The Labute approximate surface area is 213 Å². The van der Waals surface area contributed by atoms with Gasteiger partial charge in [-0.2, -0.15) is 13.2 Å². The molecule has 1 aromatic heterocycles. The maximum Gasteiger partial charge on any atom is 0.417 e. The normalized spacial score (nSPS) is 21.4. The zero-order chi connectivity index (χ0) is 26.2. The van der Waals surface area contributed by atoms with E-state index in [4.69, 9.17) is 4.78 Å². The highest BCUT2D eigenvalue weighted by atomic mass is 32.2. The Hall–Kier alpha value is -3.40. The minimum atomic E-state index is -4.42. The van der Waals surface area contributed by atoms with Crippen LogP contribution in [0.1, 0.15) is 47.2 Å². The smallest absolute Gasteiger partial charge is 0.367 e. The second kappa shape index (κ2) is 9.81. The van der Waals surface area contributed by atoms with Gasteiger partial charge < -0.3 is 10.6 Å². The van der Waals surface area contributed by atoms with Crippen LogP contribution in [-0.4, -0.2) is 32.9 Å². The quantitative estimate of drug-likeness (QED) is 0.385. The zero-order valence-electron chi connectivity index (χ0n) is 20.0. The van der Waals surface area contributed by atoms with Gasteiger partial charge in [-0.25, -0.2) is 14.0 Å². The average Bonchev–Trinajstić information content (AvgIpc) is 2.89. The van der Waals surface area contributed by atoms with E-state index in [9.17, 15) is 22.2 Å². The number of rotatable bonds is 5. The number of benzene rings is 2. The van der Waals surface area contributed by atoms with Gasteiger partial charge >= 0.3 is 6.18 Å². The average molecular weight is 529 g/mol. The van der Waals surface area contributed by atoms with Crippen LogP contribution in [0.4, 0.5) is 19.0 Å². The van der Waals surface area contributed by atoms with Crippen molar-refractivity contribution in [3.8, 4) is 11.1 Å². The summed E-state index contributed by atoms with van der Waals surface area (Å²) in [6.07, 6.45) is -0.359. The maximum absolute atomic E-state index is 13.5. The third-order valence-corrected chi connectivity index (χ3v) is 9.54. The minimum absolute atomic E-state index is 0.000674. The molecule has 2 aromatic carbocycles. The molecule has 1 saturated carbocycles. The summed E-state index contributed by atoms with van der Waals surface area (Å²) in [5, 5.41) is 5.71. The molecule has 6 nitrogen and oxygen atoms in total. The van der Waals surface area contributed by atoms with Crippen molar-refractivity contribution in [2.45, 2.75) is 54.5 Å². The fourth-order valence-electron chi connectivity index (χ4n) is 5.03. The van der Waals surface area contributed by atoms with Crippen LogP contribution < -0.4 is 10.6 Å². The van der Waals surface area contributed by atoms with Crippen LogP contribution in [0, 0.1) is 4.78 Å². The number of amides is 1. The lowest BCUT2D eigenvalue weighted by atomic mass is 9.95. The minimum Gasteiger partial charge on any atom is -0.367 e. The fourth-order valence-corrected chi connectivity index (χ4v) is 6.89. The molecule has 1 aliphatic carbocycles. The first kappa shape index (κ1) is 25.3. The SMILES string of the molecule is N=S(=O)(c1ccc(-c2ccc3c(c2)C(=O)NCC3)cc1)C1CCC(Nc2ccc(C(F)(F)F)cn2)CC1. The molecule has 0 radical (unpaired) electrons. The molecule has 2 heterocycles. The summed E-state index contributed by atoms with van der Waals surface area (Å²) in [6.45, 7) is 0.641. The third kappa shape index (κ3) is 5.34. The van der Waals surface area contributed by atoms with Crippen LogP contribution in [0.3, 0.4) is 0 Å². The number of alkyl halides is 3. The number of carbonyl (C=O) groups excluding carboxylic acids is 1. The van der Waals surface area contributed by atoms with Crippen LogP contribution in [0.25, 0.3) is 11.1 Å². The summed E-state index contributed by atoms with van der Waals surface area (Å²) < 4.78 is 60.4.